The van der Waals surface area contributed by atoms with E-state index in [0.29, 0.717) is 6.04 Å². The lowest BCUT2D eigenvalue weighted by Crippen LogP contribution is -2.55. The molecular weight excluding hydrogens is 232 g/mol. The normalized spacial score (nSPS) is 18.9. The number of aromatic amines is 1. The smallest absolute Gasteiger partial charge is 0.120 e. The van der Waals surface area contributed by atoms with Gasteiger partial charge in [0, 0.05) is 19.1 Å². The maximum Gasteiger partial charge on any atom is 0.120 e. The summed E-state index contributed by atoms with van der Waals surface area (Å²) in [5.41, 5.74) is 0. The molecule has 0 bridgehead atoms. The third-order valence-corrected chi connectivity index (χ3v) is 2.62. The van der Waals surface area contributed by atoms with Crippen LogP contribution < -0.4 is 5.32 Å². The molecule has 1 fully saturated rings. The van der Waals surface area contributed by atoms with Gasteiger partial charge in [-0.05, 0) is 23.0 Å². The molecule has 0 amide bonds. The fourth-order valence-electron chi connectivity index (χ4n) is 1.50. The molecule has 0 spiro atoms. The van der Waals surface area contributed by atoms with Gasteiger partial charge in [-0.1, -0.05) is 0 Å². The molecule has 2 rings (SSSR count). The predicted molar refractivity (Wildman–Crippen MR) is 54.4 cm³/mol. The van der Waals surface area contributed by atoms with Crippen molar-refractivity contribution in [3.63, 3.8) is 0 Å². The van der Waals surface area contributed by atoms with Gasteiger partial charge in [0.2, 0.25) is 0 Å². The van der Waals surface area contributed by atoms with Crippen LogP contribution >= 0.6 is 15.9 Å². The lowest BCUT2D eigenvalue weighted by atomic mass is 10.1. The van der Waals surface area contributed by atoms with E-state index >= 15 is 0 Å². The Labute approximate surface area is 85.9 Å². The van der Waals surface area contributed by atoms with Gasteiger partial charge in [0.15, 0.2) is 0 Å². The van der Waals surface area contributed by atoms with Gasteiger partial charge in [0.05, 0.1) is 12.7 Å². The van der Waals surface area contributed by atoms with Gasteiger partial charge < -0.3 is 15.2 Å². The molecule has 0 aliphatic carbocycles. The molecule has 1 aromatic rings. The Bertz CT molecular complexity index is 279. The molecule has 1 aromatic heterocycles. The van der Waals surface area contributed by atoms with Crippen LogP contribution in [0.2, 0.25) is 0 Å². The second-order valence-corrected chi connectivity index (χ2v) is 4.33. The molecule has 0 unspecified atom stereocenters. The van der Waals surface area contributed by atoms with Crippen LogP contribution in [-0.2, 0) is 6.54 Å². The average molecular weight is 245 g/mol. The van der Waals surface area contributed by atoms with Crippen LogP contribution in [0.4, 0.5) is 0 Å². The van der Waals surface area contributed by atoms with Crippen molar-refractivity contribution in [2.75, 3.05) is 20.1 Å². The van der Waals surface area contributed by atoms with Crippen LogP contribution in [0.25, 0.3) is 0 Å². The molecule has 0 saturated carbocycles. The molecular formula is C8H13BrN4. The first kappa shape index (κ1) is 9.18. The first-order chi connectivity index (χ1) is 6.24. The second-order valence-electron chi connectivity index (χ2n) is 3.48. The minimum absolute atomic E-state index is 0.633. The van der Waals surface area contributed by atoms with Gasteiger partial charge in [-0.15, -0.1) is 0 Å². The summed E-state index contributed by atoms with van der Waals surface area (Å²) in [4.78, 5) is 9.59. The van der Waals surface area contributed by atoms with Gasteiger partial charge in [-0.2, -0.15) is 0 Å². The Hall–Kier alpha value is -0.390. The first-order valence-corrected chi connectivity index (χ1v) is 5.14. The first-order valence-electron chi connectivity index (χ1n) is 4.35. The summed E-state index contributed by atoms with van der Waals surface area (Å²) in [6.45, 7) is 3.11. The van der Waals surface area contributed by atoms with Gasteiger partial charge in [0.25, 0.3) is 0 Å². The molecule has 1 aliphatic rings. The van der Waals surface area contributed by atoms with Crippen LogP contribution in [0.5, 0.6) is 0 Å². The van der Waals surface area contributed by atoms with Crippen molar-refractivity contribution >= 4 is 15.9 Å². The molecule has 0 atom stereocenters. The summed E-state index contributed by atoms with van der Waals surface area (Å²) >= 11 is 3.33. The zero-order chi connectivity index (χ0) is 9.26. The lowest BCUT2D eigenvalue weighted by Gasteiger charge is -2.36. The number of rotatable bonds is 3. The largest absolute Gasteiger partial charge is 0.336 e. The number of nitrogens with one attached hydrogen (secondary N) is 2. The summed E-state index contributed by atoms with van der Waals surface area (Å²) < 4.78 is 0.940. The topological polar surface area (TPSA) is 44.0 Å². The fourth-order valence-corrected chi connectivity index (χ4v) is 1.83. The number of nitrogens with zero attached hydrogens (tertiary/aromatic N) is 2. The number of likely N-dealkylation sites (N-methyl/N-ethyl adjacent to an activating group) is 1. The monoisotopic (exact) mass is 244 g/mol. The van der Waals surface area contributed by atoms with Crippen molar-refractivity contribution in [1.29, 1.82) is 0 Å². The quantitative estimate of drug-likeness (QED) is 0.818. The average Bonchev–Trinajstić information content (AvgIpc) is 2.43. The zero-order valence-electron chi connectivity index (χ0n) is 7.55. The van der Waals surface area contributed by atoms with E-state index in [4.69, 9.17) is 0 Å². The van der Waals surface area contributed by atoms with Crippen LogP contribution in [-0.4, -0.2) is 41.0 Å². The third-order valence-electron chi connectivity index (χ3n) is 2.22. The van der Waals surface area contributed by atoms with E-state index in [9.17, 15) is 0 Å². The number of hydrogen-bond acceptors (Lipinski definition) is 3. The molecule has 5 heteroatoms. The second kappa shape index (κ2) is 3.77. The predicted octanol–water partition coefficient (Wildman–Crippen LogP) is 0.576. The molecule has 13 heavy (non-hydrogen) atoms. The Morgan fingerprint density at radius 3 is 3.08 bits per heavy atom. The SMILES string of the molecule is CN1CC(NCc2ncc(Br)[nH]2)C1. The van der Waals surface area contributed by atoms with Crippen LogP contribution in [0.1, 0.15) is 5.82 Å². The minimum atomic E-state index is 0.633. The minimum Gasteiger partial charge on any atom is -0.336 e. The Morgan fingerprint density at radius 2 is 2.54 bits per heavy atom. The van der Waals surface area contributed by atoms with Gasteiger partial charge in [-0.3, -0.25) is 0 Å². The maximum atomic E-state index is 4.19. The van der Waals surface area contributed by atoms with E-state index in [2.05, 4.69) is 43.2 Å². The van der Waals surface area contributed by atoms with E-state index in [1.54, 1.807) is 6.20 Å². The van der Waals surface area contributed by atoms with Crippen molar-refractivity contribution in [1.82, 2.24) is 20.2 Å². The maximum absolute atomic E-state index is 4.19. The van der Waals surface area contributed by atoms with Crippen molar-refractivity contribution in [3.8, 4) is 0 Å². The number of halogens is 1. The van der Waals surface area contributed by atoms with Crippen LogP contribution in [0, 0.1) is 0 Å². The highest BCUT2D eigenvalue weighted by Crippen LogP contribution is 2.07. The highest BCUT2D eigenvalue weighted by molar-refractivity contribution is 9.10. The van der Waals surface area contributed by atoms with Crippen molar-refractivity contribution in [2.24, 2.45) is 0 Å². The molecule has 0 aromatic carbocycles. The van der Waals surface area contributed by atoms with E-state index in [-0.39, 0.29) is 0 Å². The van der Waals surface area contributed by atoms with Crippen molar-refractivity contribution in [2.45, 2.75) is 12.6 Å². The Kier molecular flexibility index (Phi) is 2.66. The molecule has 1 saturated heterocycles. The van der Waals surface area contributed by atoms with Crippen LogP contribution in [0.15, 0.2) is 10.8 Å². The van der Waals surface area contributed by atoms with E-state index in [0.717, 1.165) is 30.1 Å². The van der Waals surface area contributed by atoms with E-state index < -0.39 is 0 Å². The van der Waals surface area contributed by atoms with Crippen molar-refractivity contribution in [3.05, 3.63) is 16.6 Å². The summed E-state index contributed by atoms with van der Waals surface area (Å²) in [5, 5.41) is 3.42. The molecule has 72 valence electrons. The summed E-state index contributed by atoms with van der Waals surface area (Å²) in [6.07, 6.45) is 1.78. The number of aromatic nitrogens is 2. The van der Waals surface area contributed by atoms with Crippen molar-refractivity contribution < 1.29 is 0 Å². The molecule has 1 aliphatic heterocycles. The highest BCUT2D eigenvalue weighted by Gasteiger charge is 2.22. The Morgan fingerprint density at radius 1 is 1.77 bits per heavy atom. The molecule has 2 N–H and O–H groups in total. The van der Waals surface area contributed by atoms with E-state index in [1.807, 2.05) is 0 Å². The number of imidazole rings is 1. The lowest BCUT2D eigenvalue weighted by molar-refractivity contribution is 0.160. The molecule has 4 nitrogen and oxygen atoms in total. The standard InChI is InChI=1S/C8H13BrN4/c1-13-4-6(5-13)10-3-8-11-2-7(9)12-8/h2,6,10H,3-5H2,1H3,(H,11,12). The summed E-state index contributed by atoms with van der Waals surface area (Å²) in [5.74, 6) is 0.987. The molecule has 0 radical (unpaired) electrons. The number of hydrogen-bond donors (Lipinski definition) is 2. The Balaban J connectivity index is 1.74. The number of likely N-dealkylation sites (tertiary alicyclic amines) is 1. The highest BCUT2D eigenvalue weighted by atomic mass is 79.9. The van der Waals surface area contributed by atoms with Gasteiger partial charge in [0.1, 0.15) is 10.4 Å². The van der Waals surface area contributed by atoms with E-state index in [1.165, 1.54) is 0 Å². The molecule has 2 heterocycles. The van der Waals surface area contributed by atoms with Gasteiger partial charge in [-0.25, -0.2) is 4.98 Å². The third kappa shape index (κ3) is 2.30. The fraction of sp³-hybridized carbons (Fsp3) is 0.625. The number of H-pyrrole nitrogens is 1. The van der Waals surface area contributed by atoms with Gasteiger partial charge >= 0.3 is 0 Å². The zero-order valence-corrected chi connectivity index (χ0v) is 9.13. The van der Waals surface area contributed by atoms with Crippen LogP contribution in [0.3, 0.4) is 0 Å². The summed E-state index contributed by atoms with van der Waals surface area (Å²) in [6, 6.07) is 0.633. The summed E-state index contributed by atoms with van der Waals surface area (Å²) in [7, 11) is 2.13.